The van der Waals surface area contributed by atoms with Gasteiger partial charge in [-0.2, -0.15) is 0 Å². The molecule has 6 heteroatoms. The van der Waals surface area contributed by atoms with E-state index in [-0.39, 0.29) is 18.0 Å². The molecule has 0 saturated carbocycles. The van der Waals surface area contributed by atoms with E-state index >= 15 is 0 Å². The minimum Gasteiger partial charge on any atom is -0.520 e. The third kappa shape index (κ3) is 5.97. The largest absolute Gasteiger partial charge is 0.520 e. The maximum Gasteiger partial charge on any atom is 0.292 e. The zero-order chi connectivity index (χ0) is 15.2. The molecule has 0 radical (unpaired) electrons. The van der Waals surface area contributed by atoms with Crippen molar-refractivity contribution < 1.29 is 18.4 Å². The Balaban J connectivity index is 2.30. The fourth-order valence-electron chi connectivity index (χ4n) is 1.57. The Kier molecular flexibility index (Phi) is 5.88. The molecule has 0 atom stereocenters. The Hall–Kier alpha value is -1.69. The zero-order valence-corrected chi connectivity index (χ0v) is 13.0. The molecule has 110 valence electrons. The minimum absolute atomic E-state index is 0.0113. The molecule has 0 bridgehead atoms. The van der Waals surface area contributed by atoms with Crippen molar-refractivity contribution in [3.63, 3.8) is 0 Å². The number of hydrogen-bond donors (Lipinski definition) is 1. The van der Waals surface area contributed by atoms with Crippen LogP contribution in [0.4, 0.5) is 4.39 Å². The summed E-state index contributed by atoms with van der Waals surface area (Å²) in [4.78, 5) is 23.1. The lowest BCUT2D eigenvalue weighted by Gasteiger charge is -2.17. The summed E-state index contributed by atoms with van der Waals surface area (Å²) in [6.07, 6.45) is 0.728. The molecule has 0 aliphatic carbocycles. The molecule has 0 aromatic heterocycles. The van der Waals surface area contributed by atoms with E-state index in [1.807, 2.05) is 19.6 Å². The van der Waals surface area contributed by atoms with Gasteiger partial charge in [0.25, 0.3) is 11.9 Å². The standard InChI is InChI=1S/C14H20FNO3Si/c1-20(2,3)19-13(17)9-6-10-16-14(18)11-7-4-5-8-12(11)15/h4-5,7-8H,6,9-10H2,1-3H3,(H,16,18). The summed E-state index contributed by atoms with van der Waals surface area (Å²) >= 11 is 0. The Morgan fingerprint density at radius 1 is 1.25 bits per heavy atom. The molecule has 0 unspecified atom stereocenters. The van der Waals surface area contributed by atoms with Crippen molar-refractivity contribution in [1.82, 2.24) is 5.32 Å². The van der Waals surface area contributed by atoms with Crippen LogP contribution in [0.1, 0.15) is 23.2 Å². The van der Waals surface area contributed by atoms with Crippen molar-refractivity contribution in [2.45, 2.75) is 32.5 Å². The van der Waals surface area contributed by atoms with E-state index in [0.29, 0.717) is 13.0 Å². The van der Waals surface area contributed by atoms with Crippen molar-refractivity contribution in [3.8, 4) is 0 Å². The maximum atomic E-state index is 13.3. The van der Waals surface area contributed by atoms with Gasteiger partial charge in [0, 0.05) is 13.0 Å². The molecule has 0 heterocycles. The van der Waals surface area contributed by atoms with Gasteiger partial charge in [-0.15, -0.1) is 0 Å². The van der Waals surface area contributed by atoms with Crippen LogP contribution in [0.2, 0.25) is 19.6 Å². The van der Waals surface area contributed by atoms with Crippen LogP contribution in [0, 0.1) is 5.82 Å². The molecule has 1 rings (SSSR count). The second-order valence-electron chi connectivity index (χ2n) is 5.43. The van der Waals surface area contributed by atoms with E-state index in [9.17, 15) is 14.0 Å². The van der Waals surface area contributed by atoms with E-state index in [4.69, 9.17) is 4.43 Å². The normalized spacial score (nSPS) is 11.0. The molecule has 1 aromatic carbocycles. The summed E-state index contributed by atoms with van der Waals surface area (Å²) in [5.74, 6) is -1.27. The van der Waals surface area contributed by atoms with Gasteiger partial charge in [0.1, 0.15) is 5.82 Å². The number of halogens is 1. The van der Waals surface area contributed by atoms with Crippen molar-refractivity contribution in [3.05, 3.63) is 35.6 Å². The van der Waals surface area contributed by atoms with E-state index in [1.165, 1.54) is 18.2 Å². The third-order valence-electron chi connectivity index (χ3n) is 2.38. The molecule has 0 fully saturated rings. The van der Waals surface area contributed by atoms with Crippen molar-refractivity contribution in [2.24, 2.45) is 0 Å². The number of rotatable bonds is 6. The number of hydrogen-bond acceptors (Lipinski definition) is 3. The molecule has 0 aliphatic heterocycles. The van der Waals surface area contributed by atoms with E-state index in [0.717, 1.165) is 0 Å². The summed E-state index contributed by atoms with van der Waals surface area (Å²) < 4.78 is 18.6. The monoisotopic (exact) mass is 297 g/mol. The van der Waals surface area contributed by atoms with Crippen LogP contribution in [0.3, 0.4) is 0 Å². The molecule has 4 nitrogen and oxygen atoms in total. The SMILES string of the molecule is C[Si](C)(C)OC(=O)CCCNC(=O)c1ccccc1F. The Labute approximate surface area is 119 Å². The van der Waals surface area contributed by atoms with E-state index < -0.39 is 20.0 Å². The van der Waals surface area contributed by atoms with Crippen LogP contribution in [-0.4, -0.2) is 26.7 Å². The lowest BCUT2D eigenvalue weighted by atomic mass is 10.2. The van der Waals surface area contributed by atoms with Gasteiger partial charge in [-0.3, -0.25) is 9.59 Å². The van der Waals surface area contributed by atoms with Crippen molar-refractivity contribution >= 4 is 20.2 Å². The molecule has 1 aromatic rings. The van der Waals surface area contributed by atoms with E-state index in [1.54, 1.807) is 6.07 Å². The van der Waals surface area contributed by atoms with Gasteiger partial charge in [-0.1, -0.05) is 12.1 Å². The van der Waals surface area contributed by atoms with Crippen LogP contribution in [0.15, 0.2) is 24.3 Å². The highest BCUT2D eigenvalue weighted by molar-refractivity contribution is 6.71. The Morgan fingerprint density at radius 2 is 1.90 bits per heavy atom. The number of amides is 1. The predicted molar refractivity (Wildman–Crippen MR) is 77.4 cm³/mol. The number of benzene rings is 1. The second kappa shape index (κ2) is 7.19. The van der Waals surface area contributed by atoms with Gasteiger partial charge in [0.05, 0.1) is 5.56 Å². The molecule has 0 saturated heterocycles. The average molecular weight is 297 g/mol. The van der Waals surface area contributed by atoms with Crippen molar-refractivity contribution in [2.75, 3.05) is 6.54 Å². The van der Waals surface area contributed by atoms with Gasteiger partial charge in [-0.25, -0.2) is 4.39 Å². The van der Waals surface area contributed by atoms with Crippen molar-refractivity contribution in [1.29, 1.82) is 0 Å². The summed E-state index contributed by atoms with van der Waals surface area (Å²) in [7, 11) is -1.85. The maximum absolute atomic E-state index is 13.3. The minimum atomic E-state index is -1.85. The average Bonchev–Trinajstić information content (AvgIpc) is 2.33. The van der Waals surface area contributed by atoms with Gasteiger partial charge >= 0.3 is 0 Å². The quantitative estimate of drug-likeness (QED) is 0.649. The number of carbonyl (C=O) groups is 2. The first kappa shape index (κ1) is 16.4. The van der Waals surface area contributed by atoms with Crippen LogP contribution in [0.25, 0.3) is 0 Å². The molecule has 0 aliphatic rings. The molecule has 0 spiro atoms. The van der Waals surface area contributed by atoms with Crippen LogP contribution < -0.4 is 5.32 Å². The highest BCUT2D eigenvalue weighted by Crippen LogP contribution is 2.07. The third-order valence-corrected chi connectivity index (χ3v) is 3.22. The molecular formula is C14H20FNO3Si. The van der Waals surface area contributed by atoms with Gasteiger partial charge < -0.3 is 9.74 Å². The smallest absolute Gasteiger partial charge is 0.292 e. The number of nitrogens with one attached hydrogen (secondary N) is 1. The fraction of sp³-hybridized carbons (Fsp3) is 0.429. The Morgan fingerprint density at radius 3 is 2.50 bits per heavy atom. The molecule has 20 heavy (non-hydrogen) atoms. The van der Waals surface area contributed by atoms with Gasteiger partial charge in [-0.05, 0) is 38.2 Å². The van der Waals surface area contributed by atoms with Gasteiger partial charge in [0.2, 0.25) is 8.32 Å². The molecular weight excluding hydrogens is 277 g/mol. The topological polar surface area (TPSA) is 55.4 Å². The molecule has 1 amide bonds. The summed E-state index contributed by atoms with van der Waals surface area (Å²) in [5, 5.41) is 2.58. The van der Waals surface area contributed by atoms with Crippen LogP contribution >= 0.6 is 0 Å². The van der Waals surface area contributed by atoms with Crippen LogP contribution in [-0.2, 0) is 9.22 Å². The second-order valence-corrected chi connectivity index (χ2v) is 9.85. The number of carbonyl (C=O) groups excluding carboxylic acids is 2. The lowest BCUT2D eigenvalue weighted by Crippen LogP contribution is -2.30. The van der Waals surface area contributed by atoms with Crippen LogP contribution in [0.5, 0.6) is 0 Å². The summed E-state index contributed by atoms with van der Waals surface area (Å²) in [6.45, 7) is 6.12. The first-order valence-corrected chi connectivity index (χ1v) is 9.95. The summed E-state index contributed by atoms with van der Waals surface area (Å²) in [5.41, 5.74) is 0.0113. The highest BCUT2D eigenvalue weighted by Gasteiger charge is 2.19. The van der Waals surface area contributed by atoms with Gasteiger partial charge in [0.15, 0.2) is 0 Å². The first-order valence-electron chi connectivity index (χ1n) is 6.54. The fourth-order valence-corrected chi connectivity index (χ4v) is 2.35. The predicted octanol–water partition coefficient (Wildman–Crippen LogP) is 2.71. The Bertz CT molecular complexity index is 486. The zero-order valence-electron chi connectivity index (χ0n) is 12.0. The summed E-state index contributed by atoms with van der Waals surface area (Å²) in [6, 6.07) is 5.78. The first-order chi connectivity index (χ1) is 9.29. The van der Waals surface area contributed by atoms with E-state index in [2.05, 4.69) is 5.32 Å². The molecule has 1 N–H and O–H groups in total. The lowest BCUT2D eigenvalue weighted by molar-refractivity contribution is -0.135. The highest BCUT2D eigenvalue weighted by atomic mass is 28.4.